The summed E-state index contributed by atoms with van der Waals surface area (Å²) < 4.78 is 25.9. The minimum absolute atomic E-state index is 0.0494. The summed E-state index contributed by atoms with van der Waals surface area (Å²) in [4.78, 5) is 0.114. The van der Waals surface area contributed by atoms with Gasteiger partial charge in [0.25, 0.3) is 0 Å². The van der Waals surface area contributed by atoms with Crippen molar-refractivity contribution in [1.29, 1.82) is 5.41 Å². The van der Waals surface area contributed by atoms with E-state index in [2.05, 4.69) is 14.9 Å². The van der Waals surface area contributed by atoms with Gasteiger partial charge in [-0.2, -0.15) is 5.10 Å². The Kier molecular flexibility index (Phi) is 3.66. The van der Waals surface area contributed by atoms with Crippen LogP contribution in [0.25, 0.3) is 0 Å². The van der Waals surface area contributed by atoms with Crippen LogP contribution in [-0.2, 0) is 10.0 Å². The van der Waals surface area contributed by atoms with E-state index in [4.69, 9.17) is 11.1 Å². The number of nitrogens with two attached hydrogens (primary N) is 1. The van der Waals surface area contributed by atoms with Crippen LogP contribution in [0.3, 0.4) is 0 Å². The normalized spacial score (nSPS) is 13.6. The number of hydrogen-bond donors (Lipinski definition) is 4. The van der Waals surface area contributed by atoms with E-state index in [0.717, 1.165) is 0 Å². The van der Waals surface area contributed by atoms with Gasteiger partial charge in [0.1, 0.15) is 4.90 Å². The topological polar surface area (TPSA) is 125 Å². The number of aromatic amines is 1. The van der Waals surface area contributed by atoms with Crippen LogP contribution in [0.5, 0.6) is 0 Å². The molecule has 0 saturated heterocycles. The Labute approximate surface area is 94.0 Å². The molecule has 1 heterocycles. The molecule has 1 rings (SSSR count). The highest BCUT2D eigenvalue weighted by Gasteiger charge is 2.19. The smallest absolute Gasteiger partial charge is 0.243 e. The molecule has 8 heteroatoms. The summed E-state index contributed by atoms with van der Waals surface area (Å²) in [7, 11) is -3.57. The third-order valence-corrected chi connectivity index (χ3v) is 3.72. The monoisotopic (exact) mass is 245 g/mol. The fourth-order valence-electron chi connectivity index (χ4n) is 1.03. The highest BCUT2D eigenvalue weighted by molar-refractivity contribution is 7.89. The molecule has 1 aromatic heterocycles. The van der Waals surface area contributed by atoms with E-state index < -0.39 is 10.0 Å². The number of sulfonamides is 1. The lowest BCUT2D eigenvalue weighted by Gasteiger charge is -2.10. The largest absolute Gasteiger partial charge is 0.387 e. The van der Waals surface area contributed by atoms with Crippen LogP contribution in [0.2, 0.25) is 0 Å². The predicted molar refractivity (Wildman–Crippen MR) is 59.6 cm³/mol. The average Bonchev–Trinajstić information content (AvgIpc) is 2.61. The molecule has 5 N–H and O–H groups in total. The number of amidine groups is 1. The van der Waals surface area contributed by atoms with E-state index in [1.54, 1.807) is 13.8 Å². The molecule has 7 nitrogen and oxygen atoms in total. The van der Waals surface area contributed by atoms with Gasteiger partial charge in [-0.3, -0.25) is 10.5 Å². The molecule has 0 amide bonds. The summed E-state index contributed by atoms with van der Waals surface area (Å²) in [5.41, 5.74) is 5.72. The molecule has 1 unspecified atom stereocenters. The molecular weight excluding hydrogens is 230 g/mol. The van der Waals surface area contributed by atoms with Gasteiger partial charge in [-0.1, -0.05) is 6.92 Å². The highest BCUT2D eigenvalue weighted by atomic mass is 32.2. The molecule has 0 spiro atoms. The van der Waals surface area contributed by atoms with Gasteiger partial charge in [-0.05, 0) is 6.92 Å². The van der Waals surface area contributed by atoms with Gasteiger partial charge in [0.05, 0.1) is 17.7 Å². The van der Waals surface area contributed by atoms with Gasteiger partial charge >= 0.3 is 0 Å². The third-order valence-electron chi connectivity index (χ3n) is 2.18. The quantitative estimate of drug-likeness (QED) is 0.415. The van der Waals surface area contributed by atoms with Crippen LogP contribution in [0.1, 0.15) is 12.6 Å². The maximum Gasteiger partial charge on any atom is 0.243 e. The molecular formula is C8H15N5O2S. The molecule has 0 aromatic carbocycles. The SMILES string of the molecule is Cc1[nH]ncc1S(=O)(=O)NCC(C)C(=N)N. The zero-order valence-corrected chi connectivity index (χ0v) is 9.93. The molecule has 0 radical (unpaired) electrons. The van der Waals surface area contributed by atoms with E-state index in [0.29, 0.717) is 5.69 Å². The number of aryl methyl sites for hydroxylation is 1. The minimum Gasteiger partial charge on any atom is -0.387 e. The standard InChI is InChI=1S/C8H15N5O2S/c1-5(8(9)10)3-12-16(14,15)7-4-11-13-6(7)2/h4-5,12H,3H2,1-2H3,(H3,9,10)(H,11,13). The van der Waals surface area contributed by atoms with E-state index in [-0.39, 0.29) is 23.2 Å². The second-order valence-electron chi connectivity index (χ2n) is 3.57. The maximum atomic E-state index is 11.8. The lowest BCUT2D eigenvalue weighted by Crippen LogP contribution is -2.34. The molecule has 90 valence electrons. The Morgan fingerprint density at radius 1 is 1.75 bits per heavy atom. The number of aromatic nitrogens is 2. The van der Waals surface area contributed by atoms with E-state index in [9.17, 15) is 8.42 Å². The second-order valence-corrected chi connectivity index (χ2v) is 5.30. The van der Waals surface area contributed by atoms with Crippen LogP contribution in [-0.4, -0.2) is 31.0 Å². The Bertz CT molecular complexity index is 478. The zero-order valence-electron chi connectivity index (χ0n) is 9.11. The van der Waals surface area contributed by atoms with Crippen molar-refractivity contribution in [2.45, 2.75) is 18.7 Å². The Morgan fingerprint density at radius 2 is 2.38 bits per heavy atom. The highest BCUT2D eigenvalue weighted by Crippen LogP contribution is 2.10. The number of hydrogen-bond acceptors (Lipinski definition) is 4. The van der Waals surface area contributed by atoms with Crippen molar-refractivity contribution in [1.82, 2.24) is 14.9 Å². The van der Waals surface area contributed by atoms with Crippen molar-refractivity contribution >= 4 is 15.9 Å². The average molecular weight is 245 g/mol. The Hall–Kier alpha value is -1.41. The first-order chi connectivity index (χ1) is 7.34. The fourth-order valence-corrected chi connectivity index (χ4v) is 2.30. The van der Waals surface area contributed by atoms with Gasteiger partial charge in [0.15, 0.2) is 0 Å². The summed E-state index contributed by atoms with van der Waals surface area (Å²) >= 11 is 0. The molecule has 1 atom stereocenters. The molecule has 0 bridgehead atoms. The molecule has 0 aliphatic carbocycles. The second kappa shape index (κ2) is 4.62. The molecule has 1 aromatic rings. The van der Waals surface area contributed by atoms with Crippen molar-refractivity contribution < 1.29 is 8.42 Å². The van der Waals surface area contributed by atoms with Crippen LogP contribution >= 0.6 is 0 Å². The van der Waals surface area contributed by atoms with E-state index in [1.165, 1.54) is 6.20 Å². The number of rotatable bonds is 5. The molecule has 0 saturated carbocycles. The van der Waals surface area contributed by atoms with E-state index in [1.807, 2.05) is 0 Å². The first-order valence-corrected chi connectivity index (χ1v) is 6.16. The fraction of sp³-hybridized carbons (Fsp3) is 0.500. The lowest BCUT2D eigenvalue weighted by atomic mass is 10.2. The third kappa shape index (κ3) is 2.80. The predicted octanol–water partition coefficient (Wildman–Crippen LogP) is -0.432. The van der Waals surface area contributed by atoms with Crippen LogP contribution in [0.15, 0.2) is 11.1 Å². The van der Waals surface area contributed by atoms with Crippen LogP contribution in [0, 0.1) is 18.3 Å². The van der Waals surface area contributed by atoms with Crippen molar-refractivity contribution in [3.63, 3.8) is 0 Å². The van der Waals surface area contributed by atoms with Crippen LogP contribution in [0.4, 0.5) is 0 Å². The summed E-state index contributed by atoms with van der Waals surface area (Å²) in [5, 5.41) is 13.3. The molecule has 0 fully saturated rings. The lowest BCUT2D eigenvalue weighted by molar-refractivity contribution is 0.573. The first-order valence-electron chi connectivity index (χ1n) is 4.68. The van der Waals surface area contributed by atoms with Gasteiger partial charge in [-0.15, -0.1) is 0 Å². The van der Waals surface area contributed by atoms with Gasteiger partial charge in [0.2, 0.25) is 10.0 Å². The Morgan fingerprint density at radius 3 is 2.81 bits per heavy atom. The summed E-state index contributed by atoms with van der Waals surface area (Å²) in [5.74, 6) is -0.381. The first kappa shape index (κ1) is 12.7. The number of nitrogens with zero attached hydrogens (tertiary/aromatic N) is 1. The van der Waals surface area contributed by atoms with Crippen molar-refractivity contribution in [2.75, 3.05) is 6.54 Å². The summed E-state index contributed by atoms with van der Waals surface area (Å²) in [6.07, 6.45) is 1.25. The van der Waals surface area contributed by atoms with Gasteiger partial charge in [-0.25, -0.2) is 13.1 Å². The summed E-state index contributed by atoms with van der Waals surface area (Å²) in [6.45, 7) is 3.39. The van der Waals surface area contributed by atoms with Gasteiger partial charge < -0.3 is 5.73 Å². The van der Waals surface area contributed by atoms with Gasteiger partial charge in [0, 0.05) is 12.5 Å². The van der Waals surface area contributed by atoms with Crippen molar-refractivity contribution in [3.05, 3.63) is 11.9 Å². The number of H-pyrrole nitrogens is 1. The minimum atomic E-state index is -3.57. The zero-order chi connectivity index (χ0) is 12.3. The number of nitrogens with one attached hydrogen (secondary N) is 3. The Balaban J connectivity index is 2.75. The van der Waals surface area contributed by atoms with Crippen LogP contribution < -0.4 is 10.5 Å². The maximum absolute atomic E-state index is 11.8. The van der Waals surface area contributed by atoms with E-state index >= 15 is 0 Å². The summed E-state index contributed by atoms with van der Waals surface area (Å²) in [6, 6.07) is 0. The molecule has 0 aliphatic heterocycles. The van der Waals surface area contributed by atoms with Crippen molar-refractivity contribution in [2.24, 2.45) is 11.7 Å². The molecule has 0 aliphatic rings. The van der Waals surface area contributed by atoms with Crippen molar-refractivity contribution in [3.8, 4) is 0 Å². The molecule has 16 heavy (non-hydrogen) atoms.